The molecule has 1 aromatic heterocycles. The molecule has 14 heavy (non-hydrogen) atoms. The van der Waals surface area contributed by atoms with E-state index >= 15 is 0 Å². The summed E-state index contributed by atoms with van der Waals surface area (Å²) < 4.78 is 1.32. The number of aromatic amines is 1. The normalized spacial score (nSPS) is 10.0. The van der Waals surface area contributed by atoms with Crippen LogP contribution in [0.5, 0.6) is 0 Å². The average Bonchev–Trinajstić information content (AvgIpc) is 2.61. The number of aromatic nitrogens is 2. The minimum absolute atomic E-state index is 0.133. The zero-order valence-corrected chi connectivity index (χ0v) is 7.31. The van der Waals surface area contributed by atoms with E-state index in [1.807, 2.05) is 18.2 Å². The van der Waals surface area contributed by atoms with Crippen LogP contribution >= 0.6 is 0 Å². The number of rotatable bonds is 2. The van der Waals surface area contributed by atoms with Crippen LogP contribution in [0.1, 0.15) is 10.4 Å². The van der Waals surface area contributed by atoms with E-state index in [9.17, 15) is 9.59 Å². The lowest BCUT2D eigenvalue weighted by Gasteiger charge is -1.98. The fourth-order valence-electron chi connectivity index (χ4n) is 1.24. The Bertz CT molecular complexity index is 496. The van der Waals surface area contributed by atoms with E-state index in [1.54, 1.807) is 12.1 Å². The van der Waals surface area contributed by atoms with Crippen molar-refractivity contribution in [2.24, 2.45) is 0 Å². The van der Waals surface area contributed by atoms with Crippen LogP contribution in [0, 0.1) is 0 Å². The van der Waals surface area contributed by atoms with E-state index in [-0.39, 0.29) is 11.1 Å². The summed E-state index contributed by atoms with van der Waals surface area (Å²) >= 11 is 0. The molecule has 4 heteroatoms. The van der Waals surface area contributed by atoms with Crippen molar-refractivity contribution in [3.8, 4) is 5.69 Å². The summed E-state index contributed by atoms with van der Waals surface area (Å²) in [6.07, 6.45) is 1.93. The number of hydrogen-bond acceptors (Lipinski definition) is 2. The molecule has 1 aromatic carbocycles. The van der Waals surface area contributed by atoms with E-state index in [2.05, 4.69) is 5.10 Å². The minimum atomic E-state index is -0.328. The predicted octanol–water partition coefficient (Wildman–Crippen LogP) is 0.978. The lowest BCUT2D eigenvalue weighted by atomic mass is 10.3. The van der Waals surface area contributed by atoms with E-state index in [0.717, 1.165) is 0 Å². The molecule has 0 atom stereocenters. The fourth-order valence-corrected chi connectivity index (χ4v) is 1.24. The van der Waals surface area contributed by atoms with Crippen LogP contribution in [0.2, 0.25) is 0 Å². The number of benzene rings is 1. The number of carbonyl (C=O) groups is 1. The maximum Gasteiger partial charge on any atom is 0.281 e. The molecule has 0 saturated heterocycles. The second-order valence-electron chi connectivity index (χ2n) is 2.82. The van der Waals surface area contributed by atoms with Crippen molar-refractivity contribution in [3.05, 3.63) is 52.4 Å². The highest BCUT2D eigenvalue weighted by Gasteiger charge is 2.05. The first-order valence-electron chi connectivity index (χ1n) is 4.14. The average molecular weight is 188 g/mol. The van der Waals surface area contributed by atoms with Crippen molar-refractivity contribution in [2.75, 3.05) is 0 Å². The van der Waals surface area contributed by atoms with Gasteiger partial charge >= 0.3 is 0 Å². The van der Waals surface area contributed by atoms with Crippen molar-refractivity contribution < 1.29 is 4.79 Å². The van der Waals surface area contributed by atoms with Crippen LogP contribution in [0.15, 0.2) is 41.3 Å². The SMILES string of the molecule is O=Cc1c[nH]n(-c2ccccc2)c1=O. The summed E-state index contributed by atoms with van der Waals surface area (Å²) in [5.74, 6) is 0. The van der Waals surface area contributed by atoms with Gasteiger partial charge in [0, 0.05) is 6.20 Å². The minimum Gasteiger partial charge on any atom is -0.298 e. The molecule has 0 spiro atoms. The van der Waals surface area contributed by atoms with E-state index in [0.29, 0.717) is 12.0 Å². The van der Waals surface area contributed by atoms with E-state index in [1.165, 1.54) is 10.9 Å². The molecule has 0 radical (unpaired) electrons. The van der Waals surface area contributed by atoms with Gasteiger partial charge in [0.2, 0.25) is 0 Å². The summed E-state index contributed by atoms with van der Waals surface area (Å²) in [7, 11) is 0. The maximum absolute atomic E-state index is 11.5. The van der Waals surface area contributed by atoms with Gasteiger partial charge in [-0.3, -0.25) is 14.7 Å². The Kier molecular flexibility index (Phi) is 2.02. The molecule has 0 unspecified atom stereocenters. The Morgan fingerprint density at radius 1 is 1.21 bits per heavy atom. The van der Waals surface area contributed by atoms with Gasteiger partial charge < -0.3 is 0 Å². The zero-order valence-electron chi connectivity index (χ0n) is 7.31. The molecular formula is C10H8N2O2. The lowest BCUT2D eigenvalue weighted by molar-refractivity contribution is 0.112. The van der Waals surface area contributed by atoms with Crippen molar-refractivity contribution in [1.29, 1.82) is 0 Å². The van der Waals surface area contributed by atoms with Gasteiger partial charge in [0.1, 0.15) is 0 Å². The number of nitrogens with zero attached hydrogens (tertiary/aromatic N) is 1. The van der Waals surface area contributed by atoms with Gasteiger partial charge in [-0.25, -0.2) is 4.68 Å². The first kappa shape index (κ1) is 8.50. The molecular weight excluding hydrogens is 180 g/mol. The Morgan fingerprint density at radius 3 is 2.50 bits per heavy atom. The summed E-state index contributed by atoms with van der Waals surface area (Å²) in [5.41, 5.74) is 0.519. The summed E-state index contributed by atoms with van der Waals surface area (Å²) in [6, 6.07) is 9.07. The molecule has 0 saturated carbocycles. The number of aldehydes is 1. The molecule has 0 aliphatic carbocycles. The Labute approximate surface area is 79.8 Å². The highest BCUT2D eigenvalue weighted by atomic mass is 16.1. The van der Waals surface area contributed by atoms with Crippen molar-refractivity contribution in [1.82, 2.24) is 9.78 Å². The third-order valence-electron chi connectivity index (χ3n) is 1.94. The second-order valence-corrected chi connectivity index (χ2v) is 2.82. The van der Waals surface area contributed by atoms with Crippen molar-refractivity contribution in [3.63, 3.8) is 0 Å². The molecule has 70 valence electrons. The van der Waals surface area contributed by atoms with Gasteiger partial charge in [0.15, 0.2) is 6.29 Å². The third-order valence-corrected chi connectivity index (χ3v) is 1.94. The molecule has 1 heterocycles. The van der Waals surface area contributed by atoms with E-state index in [4.69, 9.17) is 0 Å². The quantitative estimate of drug-likeness (QED) is 0.714. The zero-order chi connectivity index (χ0) is 9.97. The van der Waals surface area contributed by atoms with Crippen LogP contribution < -0.4 is 5.56 Å². The van der Waals surface area contributed by atoms with Gasteiger partial charge in [0.25, 0.3) is 5.56 Å². The molecule has 2 rings (SSSR count). The van der Waals surface area contributed by atoms with E-state index < -0.39 is 0 Å². The number of H-pyrrole nitrogens is 1. The lowest BCUT2D eigenvalue weighted by Crippen LogP contribution is -2.16. The van der Waals surface area contributed by atoms with Crippen LogP contribution in [0.3, 0.4) is 0 Å². The monoisotopic (exact) mass is 188 g/mol. The highest BCUT2D eigenvalue weighted by Crippen LogP contribution is 2.01. The van der Waals surface area contributed by atoms with Gasteiger partial charge in [-0.15, -0.1) is 0 Å². The first-order valence-corrected chi connectivity index (χ1v) is 4.14. The predicted molar refractivity (Wildman–Crippen MR) is 51.8 cm³/mol. The maximum atomic E-state index is 11.5. The molecule has 0 aliphatic heterocycles. The molecule has 0 bridgehead atoms. The Hall–Kier alpha value is -2.10. The van der Waals surface area contributed by atoms with Crippen LogP contribution in [0.25, 0.3) is 5.69 Å². The van der Waals surface area contributed by atoms with Crippen LogP contribution in [-0.4, -0.2) is 16.1 Å². The molecule has 0 aliphatic rings. The number of para-hydroxylation sites is 1. The number of nitrogens with one attached hydrogen (secondary N) is 1. The van der Waals surface area contributed by atoms with Crippen molar-refractivity contribution in [2.45, 2.75) is 0 Å². The molecule has 4 nitrogen and oxygen atoms in total. The molecule has 0 fully saturated rings. The largest absolute Gasteiger partial charge is 0.298 e. The number of carbonyl (C=O) groups excluding carboxylic acids is 1. The Morgan fingerprint density at radius 2 is 1.93 bits per heavy atom. The van der Waals surface area contributed by atoms with Crippen LogP contribution in [-0.2, 0) is 0 Å². The van der Waals surface area contributed by atoms with Gasteiger partial charge in [-0.1, -0.05) is 18.2 Å². The van der Waals surface area contributed by atoms with Gasteiger partial charge in [-0.05, 0) is 12.1 Å². The molecule has 0 amide bonds. The fraction of sp³-hybridized carbons (Fsp3) is 0. The van der Waals surface area contributed by atoms with Gasteiger partial charge in [0.05, 0.1) is 11.3 Å². The number of hydrogen-bond donors (Lipinski definition) is 1. The second kappa shape index (κ2) is 3.33. The summed E-state index contributed by atoms with van der Waals surface area (Å²) in [5, 5.41) is 2.71. The van der Waals surface area contributed by atoms with Crippen molar-refractivity contribution >= 4 is 6.29 Å². The summed E-state index contributed by atoms with van der Waals surface area (Å²) in [6.45, 7) is 0. The third kappa shape index (κ3) is 1.26. The molecule has 1 N–H and O–H groups in total. The first-order chi connectivity index (χ1) is 6.83. The smallest absolute Gasteiger partial charge is 0.281 e. The Balaban J connectivity index is 2.59. The standard InChI is InChI=1S/C10H8N2O2/c13-7-8-6-11-12(10(8)14)9-4-2-1-3-5-9/h1-7,11H. The molecule has 2 aromatic rings. The van der Waals surface area contributed by atoms with Gasteiger partial charge in [-0.2, -0.15) is 0 Å². The summed E-state index contributed by atoms with van der Waals surface area (Å²) in [4.78, 5) is 21.9. The van der Waals surface area contributed by atoms with Crippen LogP contribution in [0.4, 0.5) is 0 Å². The topological polar surface area (TPSA) is 54.9 Å². The highest BCUT2D eigenvalue weighted by molar-refractivity contribution is 5.73.